The Balaban J connectivity index is 1.73. The van der Waals surface area contributed by atoms with Gasteiger partial charge >= 0.3 is 5.97 Å². The van der Waals surface area contributed by atoms with Gasteiger partial charge in [-0.05, 0) is 43.5 Å². The molecule has 0 unspecified atom stereocenters. The third kappa shape index (κ3) is 3.96. The quantitative estimate of drug-likeness (QED) is 0.415. The van der Waals surface area contributed by atoms with Crippen LogP contribution < -0.4 is 5.32 Å². The highest BCUT2D eigenvalue weighted by Crippen LogP contribution is 2.36. The number of aryl methyl sites for hydroxylation is 2. The third-order valence-electron chi connectivity index (χ3n) is 5.09. The molecule has 6 nitrogen and oxygen atoms in total. The van der Waals surface area contributed by atoms with E-state index in [1.54, 1.807) is 24.4 Å². The van der Waals surface area contributed by atoms with Crippen molar-refractivity contribution in [3.05, 3.63) is 76.6 Å². The van der Waals surface area contributed by atoms with Gasteiger partial charge in [-0.2, -0.15) is 0 Å². The Labute approximate surface area is 184 Å². The van der Waals surface area contributed by atoms with Crippen LogP contribution in [0.2, 0.25) is 0 Å². The van der Waals surface area contributed by atoms with E-state index in [9.17, 15) is 9.59 Å². The van der Waals surface area contributed by atoms with Crippen LogP contribution in [0.3, 0.4) is 0 Å². The first-order chi connectivity index (χ1) is 15.0. The fourth-order valence-corrected chi connectivity index (χ4v) is 4.49. The Bertz CT molecular complexity index is 1260. The monoisotopic (exact) mass is 433 g/mol. The van der Waals surface area contributed by atoms with Gasteiger partial charge in [0.2, 0.25) is 0 Å². The van der Waals surface area contributed by atoms with Crippen molar-refractivity contribution in [1.82, 2.24) is 9.38 Å². The van der Waals surface area contributed by atoms with E-state index >= 15 is 0 Å². The highest BCUT2D eigenvalue weighted by molar-refractivity contribution is 7.15. The van der Waals surface area contributed by atoms with Crippen LogP contribution in [0, 0.1) is 6.92 Å². The van der Waals surface area contributed by atoms with Gasteiger partial charge < -0.3 is 10.1 Å². The molecule has 31 heavy (non-hydrogen) atoms. The summed E-state index contributed by atoms with van der Waals surface area (Å²) in [5.74, 6) is -0.778. The molecule has 0 aliphatic rings. The zero-order valence-corrected chi connectivity index (χ0v) is 18.5. The second-order valence-corrected chi connectivity index (χ2v) is 7.93. The number of imidazole rings is 1. The number of esters is 1. The molecular formula is C24H23N3O3S. The lowest BCUT2D eigenvalue weighted by Crippen LogP contribution is -2.17. The average Bonchev–Trinajstić information content (AvgIpc) is 3.34. The first-order valence-electron chi connectivity index (χ1n) is 10.2. The molecule has 1 N–H and O–H groups in total. The molecule has 0 saturated heterocycles. The maximum atomic E-state index is 13.2. The molecule has 0 fully saturated rings. The molecule has 0 saturated carbocycles. The van der Waals surface area contributed by atoms with Crippen LogP contribution in [0.5, 0.6) is 0 Å². The van der Waals surface area contributed by atoms with Crippen LogP contribution in [-0.4, -0.2) is 27.9 Å². The van der Waals surface area contributed by atoms with Crippen molar-refractivity contribution < 1.29 is 14.3 Å². The number of anilines is 1. The summed E-state index contributed by atoms with van der Waals surface area (Å²) < 4.78 is 7.04. The van der Waals surface area contributed by atoms with Gasteiger partial charge in [-0.1, -0.05) is 37.3 Å². The number of benzene rings is 1. The molecule has 0 bridgehead atoms. The minimum Gasteiger partial charge on any atom is -0.462 e. The van der Waals surface area contributed by atoms with E-state index in [2.05, 4.69) is 17.2 Å². The van der Waals surface area contributed by atoms with E-state index in [1.807, 2.05) is 47.8 Å². The van der Waals surface area contributed by atoms with Crippen molar-refractivity contribution in [2.24, 2.45) is 0 Å². The number of hydrogen-bond acceptors (Lipinski definition) is 5. The number of pyridine rings is 1. The Hall–Kier alpha value is -3.45. The van der Waals surface area contributed by atoms with Gasteiger partial charge in [0.1, 0.15) is 21.9 Å². The molecule has 3 aromatic heterocycles. The van der Waals surface area contributed by atoms with Gasteiger partial charge in [0, 0.05) is 17.1 Å². The SMILES string of the molecule is CCOC(=O)c1c(-c2ccc(CC)cc2)csc1NC(=O)c1c(C)nc2ccccn12. The Morgan fingerprint density at radius 1 is 1.13 bits per heavy atom. The van der Waals surface area contributed by atoms with Crippen LogP contribution in [0.1, 0.15) is 46.0 Å². The van der Waals surface area contributed by atoms with Crippen molar-refractivity contribution in [3.8, 4) is 11.1 Å². The summed E-state index contributed by atoms with van der Waals surface area (Å²) in [7, 11) is 0. The maximum absolute atomic E-state index is 13.2. The summed E-state index contributed by atoms with van der Waals surface area (Å²) in [6.45, 7) is 5.91. The molecule has 1 aromatic carbocycles. The summed E-state index contributed by atoms with van der Waals surface area (Å²) in [6, 6.07) is 13.6. The Morgan fingerprint density at radius 3 is 2.61 bits per heavy atom. The van der Waals surface area contributed by atoms with Crippen LogP contribution in [0.15, 0.2) is 54.0 Å². The molecule has 1 amide bonds. The lowest BCUT2D eigenvalue weighted by atomic mass is 10.0. The van der Waals surface area contributed by atoms with Crippen molar-refractivity contribution in [3.63, 3.8) is 0 Å². The minimum atomic E-state index is -0.455. The first kappa shape index (κ1) is 20.8. The zero-order chi connectivity index (χ0) is 22.0. The fourth-order valence-electron chi connectivity index (χ4n) is 3.54. The molecule has 0 atom stereocenters. The van der Waals surface area contributed by atoms with Gasteiger partial charge in [-0.3, -0.25) is 9.20 Å². The van der Waals surface area contributed by atoms with E-state index in [0.29, 0.717) is 27.6 Å². The Morgan fingerprint density at radius 2 is 1.90 bits per heavy atom. The van der Waals surface area contributed by atoms with Gasteiger partial charge in [0.15, 0.2) is 0 Å². The topological polar surface area (TPSA) is 72.7 Å². The normalized spacial score (nSPS) is 10.9. The molecular weight excluding hydrogens is 410 g/mol. The van der Waals surface area contributed by atoms with Crippen LogP contribution in [0.25, 0.3) is 16.8 Å². The van der Waals surface area contributed by atoms with Gasteiger partial charge in [-0.15, -0.1) is 11.3 Å². The lowest BCUT2D eigenvalue weighted by Gasteiger charge is -2.09. The summed E-state index contributed by atoms with van der Waals surface area (Å²) in [5.41, 5.74) is 4.99. The zero-order valence-electron chi connectivity index (χ0n) is 17.6. The number of ether oxygens (including phenoxy) is 1. The Kier molecular flexibility index (Phi) is 5.86. The van der Waals surface area contributed by atoms with Crippen LogP contribution in [0.4, 0.5) is 5.00 Å². The lowest BCUT2D eigenvalue weighted by molar-refractivity contribution is 0.0529. The van der Waals surface area contributed by atoms with Crippen molar-refractivity contribution in [2.45, 2.75) is 27.2 Å². The summed E-state index contributed by atoms with van der Waals surface area (Å²) in [4.78, 5) is 30.4. The third-order valence-corrected chi connectivity index (χ3v) is 5.99. The van der Waals surface area contributed by atoms with E-state index in [1.165, 1.54) is 16.9 Å². The smallest absolute Gasteiger partial charge is 0.341 e. The first-order valence-corrected chi connectivity index (χ1v) is 11.0. The van der Waals surface area contributed by atoms with Crippen LogP contribution >= 0.6 is 11.3 Å². The van der Waals surface area contributed by atoms with Crippen molar-refractivity contribution in [1.29, 1.82) is 0 Å². The largest absolute Gasteiger partial charge is 0.462 e. The number of aromatic nitrogens is 2. The highest BCUT2D eigenvalue weighted by Gasteiger charge is 2.25. The minimum absolute atomic E-state index is 0.253. The van der Waals surface area contributed by atoms with E-state index in [4.69, 9.17) is 4.74 Å². The molecule has 0 spiro atoms. The second-order valence-electron chi connectivity index (χ2n) is 7.05. The van der Waals surface area contributed by atoms with Gasteiger partial charge in [-0.25, -0.2) is 9.78 Å². The molecule has 0 aliphatic heterocycles. The molecule has 158 valence electrons. The highest BCUT2D eigenvalue weighted by atomic mass is 32.1. The number of rotatable bonds is 6. The second kappa shape index (κ2) is 8.73. The summed E-state index contributed by atoms with van der Waals surface area (Å²) >= 11 is 1.31. The van der Waals surface area contributed by atoms with Gasteiger partial charge in [0.05, 0.1) is 12.3 Å². The molecule has 0 aliphatic carbocycles. The molecule has 4 aromatic rings. The van der Waals surface area contributed by atoms with Gasteiger partial charge in [0.25, 0.3) is 5.91 Å². The van der Waals surface area contributed by atoms with Crippen molar-refractivity contribution in [2.75, 3.05) is 11.9 Å². The molecule has 0 radical (unpaired) electrons. The number of nitrogens with zero attached hydrogens (tertiary/aromatic N) is 2. The number of fused-ring (bicyclic) bond motifs is 1. The predicted octanol–water partition coefficient (Wildman–Crippen LogP) is 5.36. The summed E-state index contributed by atoms with van der Waals surface area (Å²) in [5, 5.41) is 5.26. The number of carbonyl (C=O) groups excluding carboxylic acids is 2. The molecule has 3 heterocycles. The van der Waals surface area contributed by atoms with E-state index in [0.717, 1.165) is 17.5 Å². The number of hydrogen-bond donors (Lipinski definition) is 1. The molecule has 4 rings (SSSR count). The van der Waals surface area contributed by atoms with E-state index < -0.39 is 5.97 Å². The number of nitrogens with one attached hydrogen (secondary N) is 1. The number of thiophene rings is 1. The fraction of sp³-hybridized carbons (Fsp3) is 0.208. The van der Waals surface area contributed by atoms with E-state index in [-0.39, 0.29) is 12.5 Å². The summed E-state index contributed by atoms with van der Waals surface area (Å²) in [6.07, 6.45) is 2.74. The van der Waals surface area contributed by atoms with Crippen LogP contribution in [-0.2, 0) is 11.2 Å². The molecule has 7 heteroatoms. The number of carbonyl (C=O) groups is 2. The standard InChI is InChI=1S/C24H23N3O3S/c1-4-16-9-11-17(12-10-16)18-14-31-23(20(18)24(29)30-5-2)26-22(28)21-15(3)25-19-8-6-7-13-27(19)21/h6-14H,4-5H2,1-3H3,(H,26,28). The number of amides is 1. The predicted molar refractivity (Wildman–Crippen MR) is 123 cm³/mol. The maximum Gasteiger partial charge on any atom is 0.341 e. The van der Waals surface area contributed by atoms with Crippen molar-refractivity contribution >= 4 is 33.9 Å². The average molecular weight is 434 g/mol.